The van der Waals surface area contributed by atoms with Crippen molar-refractivity contribution in [2.45, 2.75) is 27.7 Å². The van der Waals surface area contributed by atoms with Crippen LogP contribution in [0.4, 0.5) is 0 Å². The first-order valence-corrected chi connectivity index (χ1v) is 25.8. The molecule has 4 nitrogen and oxygen atoms in total. The van der Waals surface area contributed by atoms with Gasteiger partial charge in [-0.05, 0) is 86.3 Å². The third-order valence-electron chi connectivity index (χ3n) is 13.5. The predicted molar refractivity (Wildman–Crippen MR) is 283 cm³/mol. The summed E-state index contributed by atoms with van der Waals surface area (Å²) in [5, 5.41) is 8.24. The molecule has 0 unspecified atom stereocenters. The van der Waals surface area contributed by atoms with E-state index in [1.165, 1.54) is 155 Å². The van der Waals surface area contributed by atoms with Crippen molar-refractivity contribution in [1.29, 1.82) is 0 Å². The second-order valence-electron chi connectivity index (χ2n) is 17.5. The second-order valence-corrected chi connectivity index (χ2v) is 23.7. The molecule has 10 heteroatoms. The molecule has 62 heavy (non-hydrogen) atoms. The van der Waals surface area contributed by atoms with Gasteiger partial charge in [0.05, 0.1) is 81.7 Å². The van der Waals surface area contributed by atoms with E-state index in [2.05, 4.69) is 159 Å². The van der Waals surface area contributed by atoms with Crippen molar-refractivity contribution in [3.8, 4) is 0 Å². The lowest BCUT2D eigenvalue weighted by atomic mass is 10.1. The number of fused-ring (bicyclic) bond motifs is 23. The molecule has 0 spiro atoms. The predicted octanol–water partition coefficient (Wildman–Crippen LogP) is 17.3. The average Bonchev–Trinajstić information content (AvgIpc) is 4.12. The summed E-state index contributed by atoms with van der Waals surface area (Å²) >= 11 is 11.7. The van der Waals surface area contributed by atoms with Gasteiger partial charge in [0.1, 0.15) is 0 Å². The summed E-state index contributed by atoms with van der Waals surface area (Å²) in [5.41, 5.74) is 16.3. The van der Waals surface area contributed by atoms with Crippen molar-refractivity contribution in [1.82, 2.24) is 18.3 Å². The molecule has 0 saturated carbocycles. The van der Waals surface area contributed by atoms with E-state index in [-0.39, 0.29) is 0 Å². The maximum absolute atomic E-state index is 2.46. The Morgan fingerprint density at radius 1 is 0.274 bits per heavy atom. The third-order valence-corrected chi connectivity index (χ3v) is 21.0. The molecule has 0 N–H and O–H groups in total. The number of thiophene rings is 6. The zero-order valence-electron chi connectivity index (χ0n) is 35.3. The van der Waals surface area contributed by atoms with Gasteiger partial charge in [-0.15, -0.1) is 68.0 Å². The van der Waals surface area contributed by atoms with E-state index in [1.54, 1.807) is 0 Å². The van der Waals surface area contributed by atoms with Crippen molar-refractivity contribution in [2.24, 2.45) is 28.2 Å². The largest absolute Gasteiger partial charge is 0.342 e. The Kier molecular flexibility index (Phi) is 7.19. The molecule has 0 aliphatic carbocycles. The fraction of sp³-hybridized carbons (Fsp3) is 0.154. The number of benzene rings is 5. The van der Waals surface area contributed by atoms with E-state index in [4.69, 9.17) is 0 Å². The number of nitrogens with zero attached hydrogens (tertiary/aromatic N) is 4. The fourth-order valence-electron chi connectivity index (χ4n) is 10.6. The van der Waals surface area contributed by atoms with Crippen molar-refractivity contribution in [2.75, 3.05) is 0 Å². The Bertz CT molecular complexity index is 4200. The van der Waals surface area contributed by atoms with Crippen LogP contribution < -0.4 is 0 Å². The number of hydrogen-bond acceptors (Lipinski definition) is 6. The Morgan fingerprint density at radius 3 is 0.871 bits per heavy atom. The van der Waals surface area contributed by atoms with Crippen LogP contribution in [0, 0.1) is 27.7 Å². The fourth-order valence-corrected chi connectivity index (χ4v) is 19.2. The smallest absolute Gasteiger partial charge is 0.0789 e. The molecular weight excluding hydrogens is 873 g/mol. The van der Waals surface area contributed by atoms with E-state index in [0.717, 1.165) is 0 Å². The standard InChI is InChI=1S/C26H18N2S4.C26H20N2S2/c1-11-5-7-13-15(9-11)29-21-17(13)27(3)19-23(21)31-26-20-24(32-25(19)26)22-18(28(20)4)14-8-6-12(2)10-16(14)30-22;1-13-5-7-15-21(9-13)29-25-17-11-20-18(12-19(17)27(3)23(15)25)26-24(28(20)4)16-8-6-14(2)10-22(16)30-26/h5-10H,1-4H3;5-12H,1-4H3. The minimum Gasteiger partial charge on any atom is -0.342 e. The van der Waals surface area contributed by atoms with Gasteiger partial charge >= 0.3 is 0 Å². The third kappa shape index (κ3) is 4.55. The van der Waals surface area contributed by atoms with Crippen LogP contribution in [-0.4, -0.2) is 18.3 Å². The molecule has 15 rings (SSSR count). The molecule has 10 aromatic heterocycles. The highest BCUT2D eigenvalue weighted by Crippen LogP contribution is 2.54. The molecule has 0 fully saturated rings. The number of aryl methyl sites for hydroxylation is 8. The molecule has 0 amide bonds. The molecule has 0 saturated heterocycles. The van der Waals surface area contributed by atoms with Gasteiger partial charge in [0.25, 0.3) is 0 Å². The lowest BCUT2D eigenvalue weighted by Gasteiger charge is -2.02. The molecule has 5 aromatic carbocycles. The Labute approximate surface area is 379 Å². The lowest BCUT2D eigenvalue weighted by molar-refractivity contribution is 1.01. The van der Waals surface area contributed by atoms with E-state index >= 15 is 0 Å². The van der Waals surface area contributed by atoms with Gasteiger partial charge in [0.2, 0.25) is 0 Å². The van der Waals surface area contributed by atoms with Crippen LogP contribution in [0.2, 0.25) is 0 Å². The van der Waals surface area contributed by atoms with Crippen LogP contribution >= 0.6 is 68.0 Å². The topological polar surface area (TPSA) is 19.7 Å². The van der Waals surface area contributed by atoms with E-state index in [9.17, 15) is 0 Å². The van der Waals surface area contributed by atoms with Crippen LogP contribution in [-0.2, 0) is 28.2 Å². The van der Waals surface area contributed by atoms with Crippen molar-refractivity contribution >= 4 is 201 Å². The molecule has 302 valence electrons. The Hall–Kier alpha value is -5.20. The summed E-state index contributed by atoms with van der Waals surface area (Å²) in [5.74, 6) is 0. The minimum absolute atomic E-state index is 1.32. The van der Waals surface area contributed by atoms with Crippen molar-refractivity contribution in [3.63, 3.8) is 0 Å². The first-order valence-electron chi connectivity index (χ1n) is 20.9. The maximum atomic E-state index is 2.46. The number of rotatable bonds is 0. The summed E-state index contributed by atoms with van der Waals surface area (Å²) < 4.78 is 26.8. The van der Waals surface area contributed by atoms with Crippen LogP contribution in [0.15, 0.2) is 84.9 Å². The van der Waals surface area contributed by atoms with E-state index < -0.39 is 0 Å². The number of hydrogen-bond donors (Lipinski definition) is 0. The van der Waals surface area contributed by atoms with Gasteiger partial charge in [-0.2, -0.15) is 0 Å². The van der Waals surface area contributed by atoms with Gasteiger partial charge < -0.3 is 18.3 Å². The Morgan fingerprint density at radius 2 is 0.548 bits per heavy atom. The molecular formula is C52H38N4S6. The quantitative estimate of drug-likeness (QED) is 0.144. The minimum atomic E-state index is 1.32. The zero-order chi connectivity index (χ0) is 41.8. The normalized spacial score (nSPS) is 12.8. The van der Waals surface area contributed by atoms with Crippen LogP contribution in [0.1, 0.15) is 22.3 Å². The monoisotopic (exact) mass is 910 g/mol. The van der Waals surface area contributed by atoms with E-state index in [1.807, 2.05) is 68.0 Å². The molecule has 0 bridgehead atoms. The molecule has 0 aliphatic heterocycles. The second kappa shape index (κ2) is 12.3. The molecule has 15 aromatic rings. The molecule has 0 aliphatic rings. The first-order chi connectivity index (χ1) is 30.0. The summed E-state index contributed by atoms with van der Waals surface area (Å²) in [4.78, 5) is 0. The van der Waals surface area contributed by atoms with Gasteiger partial charge in [-0.3, -0.25) is 0 Å². The zero-order valence-corrected chi connectivity index (χ0v) is 40.2. The SMILES string of the molecule is Cc1ccc2c(c1)sc1c3cc4c(cc3n(C)c21)c1sc2cc(C)ccc2c1n4C.Cc1ccc2c(c1)sc1c3sc4c(sc5c6sc7cc(C)ccc7c6n(C)c54)c3n(C)c21. The van der Waals surface area contributed by atoms with E-state index in [0.29, 0.717) is 0 Å². The highest BCUT2D eigenvalue weighted by molar-refractivity contribution is 7.41. The maximum Gasteiger partial charge on any atom is 0.0789 e. The first kappa shape index (κ1) is 36.3. The van der Waals surface area contributed by atoms with Gasteiger partial charge in [-0.1, -0.05) is 48.5 Å². The van der Waals surface area contributed by atoms with Gasteiger partial charge in [0.15, 0.2) is 0 Å². The summed E-state index contributed by atoms with van der Waals surface area (Å²) in [6.45, 7) is 8.72. The van der Waals surface area contributed by atoms with Gasteiger partial charge in [-0.25, -0.2) is 0 Å². The molecule has 0 atom stereocenters. The summed E-state index contributed by atoms with van der Waals surface area (Å²) in [7, 11) is 8.95. The van der Waals surface area contributed by atoms with Crippen LogP contribution in [0.25, 0.3) is 133 Å². The van der Waals surface area contributed by atoms with Crippen molar-refractivity contribution < 1.29 is 0 Å². The molecule has 10 heterocycles. The lowest BCUT2D eigenvalue weighted by Crippen LogP contribution is -1.88. The average molecular weight is 911 g/mol. The Balaban J connectivity index is 0.000000121. The molecule has 0 radical (unpaired) electrons. The van der Waals surface area contributed by atoms with Crippen molar-refractivity contribution in [3.05, 3.63) is 107 Å². The van der Waals surface area contributed by atoms with Gasteiger partial charge in [0, 0.05) is 79.3 Å². The summed E-state index contributed by atoms with van der Waals surface area (Å²) in [6, 6.07) is 32.2. The number of aromatic nitrogens is 4. The summed E-state index contributed by atoms with van der Waals surface area (Å²) in [6.07, 6.45) is 0. The van der Waals surface area contributed by atoms with Crippen LogP contribution in [0.5, 0.6) is 0 Å². The highest BCUT2D eigenvalue weighted by Gasteiger charge is 2.26. The van der Waals surface area contributed by atoms with Crippen LogP contribution in [0.3, 0.4) is 0 Å². The highest BCUT2D eigenvalue weighted by atomic mass is 32.1.